The van der Waals surface area contributed by atoms with Crippen LogP contribution >= 0.6 is 0 Å². The summed E-state index contributed by atoms with van der Waals surface area (Å²) in [5.41, 5.74) is 0. The van der Waals surface area contributed by atoms with Crippen LogP contribution in [0, 0.1) is 0 Å². The first kappa shape index (κ1) is 5.34. The normalized spacial score (nSPS) is 26.8. The van der Waals surface area contributed by atoms with Gasteiger partial charge in [-0.25, -0.2) is 5.06 Å². The summed E-state index contributed by atoms with van der Waals surface area (Å²) in [6, 6.07) is 0. The Morgan fingerprint density at radius 2 is 2.12 bits per heavy atom. The summed E-state index contributed by atoms with van der Waals surface area (Å²) >= 11 is 0. The predicted octanol–water partition coefficient (Wildman–Crippen LogP) is 0.0795. The molecule has 1 aliphatic heterocycles. The molecule has 0 saturated carbocycles. The summed E-state index contributed by atoms with van der Waals surface area (Å²) in [6.07, 6.45) is 5.27. The summed E-state index contributed by atoms with van der Waals surface area (Å²) in [4.78, 5) is 0. The van der Waals surface area contributed by atoms with Gasteiger partial charge in [0.25, 0.3) is 0 Å². The van der Waals surface area contributed by atoms with Crippen molar-refractivity contribution in [3.63, 3.8) is 0 Å². The molecule has 0 aromatic carbocycles. The molecule has 0 radical (unpaired) electrons. The highest BCUT2D eigenvalue weighted by Gasteiger charge is 2.04. The van der Waals surface area contributed by atoms with Gasteiger partial charge in [0.15, 0.2) is 6.23 Å². The van der Waals surface area contributed by atoms with Crippen molar-refractivity contribution in [3.8, 4) is 0 Å². The molecule has 0 aliphatic carbocycles. The zero-order valence-electron chi connectivity index (χ0n) is 4.23. The SMILES string of the molecule is OC1C=CC=CN1O. The molecule has 0 amide bonds. The minimum Gasteiger partial charge on any atom is -0.368 e. The largest absolute Gasteiger partial charge is 0.368 e. The number of aliphatic hydroxyl groups excluding tert-OH is 1. The van der Waals surface area contributed by atoms with Crippen LogP contribution in [-0.4, -0.2) is 21.6 Å². The third kappa shape index (κ3) is 0.882. The number of hydrogen-bond donors (Lipinski definition) is 2. The smallest absolute Gasteiger partial charge is 0.169 e. The van der Waals surface area contributed by atoms with Gasteiger partial charge in [0.05, 0.1) is 0 Å². The number of hydroxylamine groups is 2. The van der Waals surface area contributed by atoms with Gasteiger partial charge in [0, 0.05) is 6.20 Å². The van der Waals surface area contributed by atoms with Crippen molar-refractivity contribution in [2.45, 2.75) is 6.23 Å². The molecular formula is C5H7NO2. The van der Waals surface area contributed by atoms with Crippen molar-refractivity contribution in [3.05, 3.63) is 24.4 Å². The van der Waals surface area contributed by atoms with Crippen molar-refractivity contribution in [2.75, 3.05) is 0 Å². The summed E-state index contributed by atoms with van der Waals surface area (Å²) in [7, 11) is 0. The van der Waals surface area contributed by atoms with Crippen LogP contribution in [0.3, 0.4) is 0 Å². The number of aliphatic hydroxyl groups is 1. The molecule has 1 aliphatic rings. The first-order valence-corrected chi connectivity index (χ1v) is 2.31. The molecule has 0 bridgehead atoms. The minimum absolute atomic E-state index is 0.722. The molecule has 3 nitrogen and oxygen atoms in total. The third-order valence-corrected chi connectivity index (χ3v) is 0.904. The van der Waals surface area contributed by atoms with Gasteiger partial charge >= 0.3 is 0 Å². The highest BCUT2D eigenvalue weighted by molar-refractivity contribution is 5.08. The van der Waals surface area contributed by atoms with E-state index in [1.807, 2.05) is 0 Å². The van der Waals surface area contributed by atoms with Crippen molar-refractivity contribution >= 4 is 0 Å². The fourth-order valence-corrected chi connectivity index (χ4v) is 0.478. The van der Waals surface area contributed by atoms with Gasteiger partial charge in [-0.2, -0.15) is 0 Å². The van der Waals surface area contributed by atoms with Gasteiger partial charge in [0.2, 0.25) is 0 Å². The Hall–Kier alpha value is -0.800. The first-order valence-electron chi connectivity index (χ1n) is 2.31. The van der Waals surface area contributed by atoms with Gasteiger partial charge in [-0.1, -0.05) is 6.08 Å². The van der Waals surface area contributed by atoms with Gasteiger partial charge in [-0.3, -0.25) is 5.21 Å². The summed E-state index contributed by atoms with van der Waals surface area (Å²) in [5, 5.41) is 18.1. The zero-order valence-corrected chi connectivity index (χ0v) is 4.23. The Morgan fingerprint density at radius 3 is 2.50 bits per heavy atom. The molecule has 0 saturated heterocycles. The summed E-state index contributed by atoms with van der Waals surface area (Å²) in [5.74, 6) is 0. The van der Waals surface area contributed by atoms with Crippen molar-refractivity contribution < 1.29 is 10.3 Å². The van der Waals surface area contributed by atoms with Crippen LogP contribution in [0.1, 0.15) is 0 Å². The van der Waals surface area contributed by atoms with Gasteiger partial charge < -0.3 is 5.11 Å². The van der Waals surface area contributed by atoms with E-state index >= 15 is 0 Å². The van der Waals surface area contributed by atoms with E-state index in [9.17, 15) is 0 Å². The topological polar surface area (TPSA) is 43.7 Å². The zero-order chi connectivity index (χ0) is 5.98. The first-order chi connectivity index (χ1) is 3.80. The Balaban J connectivity index is 2.59. The maximum absolute atomic E-state index is 8.72. The lowest BCUT2D eigenvalue weighted by atomic mass is 10.4. The van der Waals surface area contributed by atoms with Crippen LogP contribution in [0.25, 0.3) is 0 Å². The Kier molecular flexibility index (Phi) is 1.32. The highest BCUT2D eigenvalue weighted by Crippen LogP contribution is 1.99. The van der Waals surface area contributed by atoms with Crippen LogP contribution in [0.2, 0.25) is 0 Å². The van der Waals surface area contributed by atoms with E-state index in [2.05, 4.69) is 0 Å². The second kappa shape index (κ2) is 1.98. The lowest BCUT2D eigenvalue weighted by Crippen LogP contribution is -2.26. The molecule has 3 heteroatoms. The molecule has 1 atom stereocenters. The molecule has 0 aromatic rings. The highest BCUT2D eigenvalue weighted by atomic mass is 16.5. The van der Waals surface area contributed by atoms with Crippen LogP contribution in [0.15, 0.2) is 24.4 Å². The van der Waals surface area contributed by atoms with Crippen LogP contribution in [0.5, 0.6) is 0 Å². The molecule has 44 valence electrons. The minimum atomic E-state index is -0.875. The van der Waals surface area contributed by atoms with E-state index in [1.165, 1.54) is 12.3 Å². The maximum atomic E-state index is 8.72. The number of hydrogen-bond acceptors (Lipinski definition) is 3. The fourth-order valence-electron chi connectivity index (χ4n) is 0.478. The average molecular weight is 113 g/mol. The molecule has 0 aromatic heterocycles. The molecule has 1 unspecified atom stereocenters. The maximum Gasteiger partial charge on any atom is 0.169 e. The van der Waals surface area contributed by atoms with E-state index in [0.29, 0.717) is 0 Å². The van der Waals surface area contributed by atoms with Crippen molar-refractivity contribution in [1.29, 1.82) is 0 Å². The number of nitrogens with zero attached hydrogens (tertiary/aromatic N) is 1. The van der Waals surface area contributed by atoms with Crippen LogP contribution < -0.4 is 0 Å². The van der Waals surface area contributed by atoms with E-state index < -0.39 is 6.23 Å². The van der Waals surface area contributed by atoms with Gasteiger partial charge in [-0.15, -0.1) is 0 Å². The van der Waals surface area contributed by atoms with Crippen LogP contribution in [0.4, 0.5) is 0 Å². The lowest BCUT2D eigenvalue weighted by molar-refractivity contribution is -0.137. The van der Waals surface area contributed by atoms with E-state index in [4.69, 9.17) is 10.3 Å². The number of allylic oxidation sites excluding steroid dienone is 2. The standard InChI is InChI=1S/C5H7NO2/c7-5-3-1-2-4-6(5)8/h1-5,7-8H. The predicted molar refractivity (Wildman–Crippen MR) is 27.9 cm³/mol. The summed E-state index contributed by atoms with van der Waals surface area (Å²) < 4.78 is 0. The van der Waals surface area contributed by atoms with E-state index in [-0.39, 0.29) is 0 Å². The second-order valence-electron chi connectivity index (χ2n) is 1.52. The molecule has 8 heavy (non-hydrogen) atoms. The Labute approximate surface area is 47.1 Å². The second-order valence-corrected chi connectivity index (χ2v) is 1.52. The number of rotatable bonds is 0. The lowest BCUT2D eigenvalue weighted by Gasteiger charge is -2.17. The monoisotopic (exact) mass is 113 g/mol. The Bertz CT molecular complexity index is 114. The molecule has 2 N–H and O–H groups in total. The molecule has 1 rings (SSSR count). The Morgan fingerprint density at radius 1 is 1.38 bits per heavy atom. The van der Waals surface area contributed by atoms with Crippen molar-refractivity contribution in [1.82, 2.24) is 5.06 Å². The van der Waals surface area contributed by atoms with E-state index in [1.54, 1.807) is 12.2 Å². The van der Waals surface area contributed by atoms with Gasteiger partial charge in [-0.05, 0) is 12.2 Å². The van der Waals surface area contributed by atoms with Crippen LogP contribution in [-0.2, 0) is 0 Å². The van der Waals surface area contributed by atoms with Crippen molar-refractivity contribution in [2.24, 2.45) is 0 Å². The van der Waals surface area contributed by atoms with Gasteiger partial charge in [0.1, 0.15) is 0 Å². The average Bonchev–Trinajstić information content (AvgIpc) is 1.77. The quantitative estimate of drug-likeness (QED) is 0.467. The molecule has 0 spiro atoms. The van der Waals surface area contributed by atoms with E-state index in [0.717, 1.165) is 5.06 Å². The molecule has 1 heterocycles. The summed E-state index contributed by atoms with van der Waals surface area (Å²) in [6.45, 7) is 0. The third-order valence-electron chi connectivity index (χ3n) is 0.904. The molecular weight excluding hydrogens is 106 g/mol. The fraction of sp³-hybridized carbons (Fsp3) is 0.200. The molecule has 0 fully saturated rings.